The molecule has 1 aromatic heterocycles. The Morgan fingerprint density at radius 1 is 1.19 bits per heavy atom. The van der Waals surface area contributed by atoms with Crippen molar-refractivity contribution in [3.63, 3.8) is 0 Å². The lowest BCUT2D eigenvalue weighted by molar-refractivity contribution is -0.919. The fourth-order valence-corrected chi connectivity index (χ4v) is 4.96. The molecule has 0 bridgehead atoms. The SMILES string of the molecule is COC(=O)c1[nH]c2ccc(Br)cc2c1NC(=O)[C@@H](C)[NH+]1CCC(Cc2ccccc2)CC1. The number of piperidine rings is 1. The molecule has 0 saturated carbocycles. The summed E-state index contributed by atoms with van der Waals surface area (Å²) in [5.74, 6) is 0.0650. The highest BCUT2D eigenvalue weighted by molar-refractivity contribution is 9.10. The van der Waals surface area contributed by atoms with Gasteiger partial charge in [0.25, 0.3) is 5.91 Å². The number of methoxy groups -OCH3 is 1. The van der Waals surface area contributed by atoms with Crippen molar-refractivity contribution in [1.82, 2.24) is 4.98 Å². The molecule has 3 N–H and O–H groups in total. The maximum absolute atomic E-state index is 13.2. The quantitative estimate of drug-likeness (QED) is 0.454. The number of aromatic nitrogens is 1. The van der Waals surface area contributed by atoms with Gasteiger partial charge in [0.1, 0.15) is 5.69 Å². The number of anilines is 1. The maximum Gasteiger partial charge on any atom is 0.356 e. The van der Waals surface area contributed by atoms with Gasteiger partial charge in [-0.25, -0.2) is 4.79 Å². The zero-order valence-electron chi connectivity index (χ0n) is 18.4. The van der Waals surface area contributed by atoms with Crippen LogP contribution in [-0.2, 0) is 16.0 Å². The average Bonchev–Trinajstić information content (AvgIpc) is 3.16. The van der Waals surface area contributed by atoms with Crippen molar-refractivity contribution in [3.05, 3.63) is 64.3 Å². The fraction of sp³-hybridized carbons (Fsp3) is 0.360. The largest absolute Gasteiger partial charge is 0.464 e. The van der Waals surface area contributed by atoms with Gasteiger partial charge in [-0.05, 0) is 55.9 Å². The van der Waals surface area contributed by atoms with Gasteiger partial charge in [0.15, 0.2) is 6.04 Å². The summed E-state index contributed by atoms with van der Waals surface area (Å²) in [6.07, 6.45) is 3.31. The van der Waals surface area contributed by atoms with Gasteiger partial charge < -0.3 is 19.9 Å². The van der Waals surface area contributed by atoms with Gasteiger partial charge in [0.2, 0.25) is 0 Å². The molecule has 32 heavy (non-hydrogen) atoms. The first-order chi connectivity index (χ1) is 15.5. The van der Waals surface area contributed by atoms with Gasteiger partial charge in [0, 0.05) is 15.4 Å². The average molecular weight is 499 g/mol. The van der Waals surface area contributed by atoms with E-state index < -0.39 is 5.97 Å². The normalized spacial score (nSPS) is 19.5. The number of fused-ring (bicyclic) bond motifs is 1. The number of carbonyl (C=O) groups is 2. The van der Waals surface area contributed by atoms with Gasteiger partial charge in [-0.15, -0.1) is 0 Å². The van der Waals surface area contributed by atoms with Crippen LogP contribution in [0.3, 0.4) is 0 Å². The van der Waals surface area contributed by atoms with E-state index in [1.165, 1.54) is 17.6 Å². The zero-order chi connectivity index (χ0) is 22.7. The number of ether oxygens (including phenoxy) is 1. The first-order valence-electron chi connectivity index (χ1n) is 11.0. The van der Waals surface area contributed by atoms with Crippen molar-refractivity contribution in [2.75, 3.05) is 25.5 Å². The minimum Gasteiger partial charge on any atom is -0.464 e. The monoisotopic (exact) mass is 498 g/mol. The minimum atomic E-state index is -0.505. The predicted molar refractivity (Wildman–Crippen MR) is 129 cm³/mol. The molecule has 1 fully saturated rings. The summed E-state index contributed by atoms with van der Waals surface area (Å²) < 4.78 is 5.79. The topological polar surface area (TPSA) is 75.6 Å². The number of halogens is 1. The van der Waals surface area contributed by atoms with Crippen molar-refractivity contribution in [2.24, 2.45) is 5.92 Å². The highest BCUT2D eigenvalue weighted by Gasteiger charge is 2.31. The zero-order valence-corrected chi connectivity index (χ0v) is 20.0. The Morgan fingerprint density at radius 2 is 1.91 bits per heavy atom. The lowest BCUT2D eigenvalue weighted by Crippen LogP contribution is -3.17. The highest BCUT2D eigenvalue weighted by atomic mass is 79.9. The van der Waals surface area contributed by atoms with Crippen LogP contribution >= 0.6 is 15.9 Å². The molecular weight excluding hydrogens is 470 g/mol. The van der Waals surface area contributed by atoms with E-state index in [1.54, 1.807) is 0 Å². The lowest BCUT2D eigenvalue weighted by atomic mass is 9.89. The molecule has 1 aliphatic rings. The predicted octanol–water partition coefficient (Wildman–Crippen LogP) is 3.58. The molecule has 2 heterocycles. The van der Waals surface area contributed by atoms with Crippen LogP contribution in [0.5, 0.6) is 0 Å². The molecule has 4 rings (SSSR count). The number of nitrogens with one attached hydrogen (secondary N) is 3. The summed E-state index contributed by atoms with van der Waals surface area (Å²) in [4.78, 5) is 29.8. The van der Waals surface area contributed by atoms with Gasteiger partial charge in [-0.1, -0.05) is 46.3 Å². The van der Waals surface area contributed by atoms with E-state index in [0.29, 0.717) is 11.6 Å². The van der Waals surface area contributed by atoms with Gasteiger partial charge in [-0.3, -0.25) is 4.79 Å². The second-order valence-corrected chi connectivity index (χ2v) is 9.47. The molecule has 3 aromatic rings. The number of carbonyl (C=O) groups excluding carboxylic acids is 2. The lowest BCUT2D eigenvalue weighted by Gasteiger charge is -2.32. The van der Waals surface area contributed by atoms with Crippen LogP contribution in [0.4, 0.5) is 5.69 Å². The number of esters is 1. The van der Waals surface area contributed by atoms with Crippen molar-refractivity contribution < 1.29 is 19.2 Å². The Balaban J connectivity index is 1.43. The van der Waals surface area contributed by atoms with Crippen LogP contribution in [0.25, 0.3) is 10.9 Å². The Labute approximate surface area is 196 Å². The Kier molecular flexibility index (Phi) is 6.96. The molecule has 6 nitrogen and oxygen atoms in total. The molecule has 0 radical (unpaired) electrons. The van der Waals surface area contributed by atoms with E-state index in [2.05, 4.69) is 56.6 Å². The third-order valence-corrected chi connectivity index (χ3v) is 7.01. The van der Waals surface area contributed by atoms with Gasteiger partial charge >= 0.3 is 5.97 Å². The summed E-state index contributed by atoms with van der Waals surface area (Å²) in [7, 11) is 1.34. The number of H-pyrrole nitrogens is 1. The molecule has 0 spiro atoms. The number of quaternary nitrogens is 1. The van der Waals surface area contributed by atoms with E-state index in [9.17, 15) is 9.59 Å². The Bertz CT molecular complexity index is 1100. The molecular formula is C25H29BrN3O3+. The van der Waals surface area contributed by atoms with Crippen LogP contribution in [-0.4, -0.2) is 43.1 Å². The first kappa shape index (κ1) is 22.6. The number of hydrogen-bond donors (Lipinski definition) is 3. The molecule has 2 aromatic carbocycles. The number of benzene rings is 2. The second kappa shape index (κ2) is 9.88. The van der Waals surface area contributed by atoms with Crippen molar-refractivity contribution >= 4 is 44.4 Å². The van der Waals surface area contributed by atoms with Crippen molar-refractivity contribution in [2.45, 2.75) is 32.2 Å². The summed E-state index contributed by atoms with van der Waals surface area (Å²) >= 11 is 3.47. The number of hydrogen-bond acceptors (Lipinski definition) is 3. The van der Waals surface area contributed by atoms with E-state index in [1.807, 2.05) is 25.1 Å². The van der Waals surface area contributed by atoms with Gasteiger partial charge in [0.05, 0.1) is 25.9 Å². The molecule has 0 unspecified atom stereocenters. The van der Waals surface area contributed by atoms with E-state index in [4.69, 9.17) is 4.74 Å². The summed E-state index contributed by atoms with van der Waals surface area (Å²) in [5, 5.41) is 3.79. The minimum absolute atomic E-state index is 0.0902. The molecule has 1 saturated heterocycles. The van der Waals surface area contributed by atoms with E-state index in [-0.39, 0.29) is 17.6 Å². The third-order valence-electron chi connectivity index (χ3n) is 6.52. The van der Waals surface area contributed by atoms with Crippen LogP contribution in [0.2, 0.25) is 0 Å². The van der Waals surface area contributed by atoms with E-state index >= 15 is 0 Å². The number of amides is 1. The standard InChI is InChI=1S/C25H28BrN3O3/c1-16(29-12-10-18(11-13-29)14-17-6-4-3-5-7-17)24(30)28-22-20-15-19(26)8-9-21(20)27-23(22)25(31)32-2/h3-9,15-16,18,27H,10-14H2,1-2H3,(H,28,30)/p+1/t16-/m1/s1. The van der Waals surface area contributed by atoms with Crippen LogP contribution in [0, 0.1) is 5.92 Å². The van der Waals surface area contributed by atoms with Crippen LogP contribution in [0.15, 0.2) is 53.0 Å². The molecule has 7 heteroatoms. The molecule has 1 atom stereocenters. The van der Waals surface area contributed by atoms with E-state index in [0.717, 1.165) is 47.7 Å². The molecule has 1 aliphatic heterocycles. The van der Waals surface area contributed by atoms with Crippen molar-refractivity contribution in [3.8, 4) is 0 Å². The first-order valence-corrected chi connectivity index (χ1v) is 11.8. The number of rotatable bonds is 6. The number of aromatic amines is 1. The highest BCUT2D eigenvalue weighted by Crippen LogP contribution is 2.31. The van der Waals surface area contributed by atoms with Crippen LogP contribution < -0.4 is 10.2 Å². The fourth-order valence-electron chi connectivity index (χ4n) is 4.60. The van der Waals surface area contributed by atoms with Crippen molar-refractivity contribution in [1.29, 1.82) is 0 Å². The third kappa shape index (κ3) is 4.89. The second-order valence-electron chi connectivity index (χ2n) is 8.56. The maximum atomic E-state index is 13.2. The number of likely N-dealkylation sites (tertiary alicyclic amines) is 1. The summed E-state index contributed by atoms with van der Waals surface area (Å²) in [6, 6.07) is 16.0. The smallest absolute Gasteiger partial charge is 0.356 e. The Hall–Kier alpha value is -2.64. The summed E-state index contributed by atoms with van der Waals surface area (Å²) in [6.45, 7) is 3.90. The summed E-state index contributed by atoms with van der Waals surface area (Å²) in [5.41, 5.74) is 2.89. The van der Waals surface area contributed by atoms with Gasteiger partial charge in [-0.2, -0.15) is 0 Å². The Morgan fingerprint density at radius 3 is 2.59 bits per heavy atom. The molecule has 0 aliphatic carbocycles. The van der Waals surface area contributed by atoms with Crippen LogP contribution in [0.1, 0.15) is 35.8 Å². The molecule has 1 amide bonds. The molecule has 168 valence electrons.